The van der Waals surface area contributed by atoms with Gasteiger partial charge in [0.2, 0.25) is 11.8 Å². The molecule has 4 nitrogen and oxygen atoms in total. The van der Waals surface area contributed by atoms with Crippen molar-refractivity contribution < 1.29 is 9.59 Å². The van der Waals surface area contributed by atoms with Gasteiger partial charge in [-0.15, -0.1) is 0 Å². The lowest BCUT2D eigenvalue weighted by atomic mass is 9.96. The van der Waals surface area contributed by atoms with Crippen LogP contribution >= 0.6 is 0 Å². The van der Waals surface area contributed by atoms with Crippen molar-refractivity contribution in [3.05, 3.63) is 0 Å². The molecule has 2 unspecified atom stereocenters. The van der Waals surface area contributed by atoms with Gasteiger partial charge in [-0.1, -0.05) is 27.2 Å². The molecule has 18 heavy (non-hydrogen) atoms. The zero-order valence-corrected chi connectivity index (χ0v) is 11.6. The molecular formula is C14H24N2O2. The van der Waals surface area contributed by atoms with Crippen LogP contribution in [0.1, 0.15) is 46.5 Å². The van der Waals surface area contributed by atoms with Crippen LogP contribution in [0.2, 0.25) is 0 Å². The molecule has 1 saturated carbocycles. The van der Waals surface area contributed by atoms with Crippen LogP contribution in [0.4, 0.5) is 0 Å². The third-order valence-electron chi connectivity index (χ3n) is 3.94. The van der Waals surface area contributed by atoms with E-state index in [0.29, 0.717) is 5.92 Å². The molecule has 2 amide bonds. The summed E-state index contributed by atoms with van der Waals surface area (Å²) in [6, 6.07) is -0.525. The molecule has 0 aromatic rings. The third kappa shape index (κ3) is 2.52. The first-order valence-electron chi connectivity index (χ1n) is 7.17. The molecule has 0 bridgehead atoms. The lowest BCUT2D eigenvalue weighted by Crippen LogP contribution is -2.65. The fraction of sp³-hybridized carbons (Fsp3) is 0.857. The SMILES string of the molecule is CCCCN1C(=O)C(C(C)C)NC(=O)C1C1CC1. The van der Waals surface area contributed by atoms with Crippen molar-refractivity contribution in [2.75, 3.05) is 6.54 Å². The van der Waals surface area contributed by atoms with Gasteiger partial charge in [-0.2, -0.15) is 0 Å². The van der Waals surface area contributed by atoms with Crippen LogP contribution in [-0.4, -0.2) is 35.3 Å². The second-order valence-corrected chi connectivity index (χ2v) is 5.90. The Labute approximate surface area is 109 Å². The van der Waals surface area contributed by atoms with E-state index < -0.39 is 0 Å². The number of piperazine rings is 1. The second-order valence-electron chi connectivity index (χ2n) is 5.90. The van der Waals surface area contributed by atoms with Gasteiger partial charge in [0.15, 0.2) is 0 Å². The van der Waals surface area contributed by atoms with Crippen molar-refractivity contribution in [2.45, 2.75) is 58.5 Å². The van der Waals surface area contributed by atoms with E-state index in [2.05, 4.69) is 12.2 Å². The molecule has 1 aliphatic heterocycles. The minimum Gasteiger partial charge on any atom is -0.342 e. The molecule has 4 heteroatoms. The van der Waals surface area contributed by atoms with E-state index in [-0.39, 0.29) is 29.8 Å². The van der Waals surface area contributed by atoms with Gasteiger partial charge in [-0.05, 0) is 31.1 Å². The predicted octanol–water partition coefficient (Wildman–Crippen LogP) is 1.55. The van der Waals surface area contributed by atoms with Crippen molar-refractivity contribution in [2.24, 2.45) is 11.8 Å². The highest BCUT2D eigenvalue weighted by Gasteiger charge is 2.47. The first kappa shape index (κ1) is 13.4. The van der Waals surface area contributed by atoms with Crippen LogP contribution in [0.3, 0.4) is 0 Å². The Hall–Kier alpha value is -1.06. The van der Waals surface area contributed by atoms with E-state index in [1.54, 1.807) is 0 Å². The first-order chi connectivity index (χ1) is 8.56. The number of nitrogens with zero attached hydrogens (tertiary/aromatic N) is 1. The summed E-state index contributed by atoms with van der Waals surface area (Å²) < 4.78 is 0. The molecule has 1 saturated heterocycles. The number of carbonyl (C=O) groups excluding carboxylic acids is 2. The van der Waals surface area contributed by atoms with Crippen LogP contribution in [0.5, 0.6) is 0 Å². The van der Waals surface area contributed by atoms with Gasteiger partial charge < -0.3 is 10.2 Å². The lowest BCUT2D eigenvalue weighted by molar-refractivity contribution is -0.151. The Morgan fingerprint density at radius 3 is 2.50 bits per heavy atom. The number of nitrogens with one attached hydrogen (secondary N) is 1. The summed E-state index contributed by atoms with van der Waals surface area (Å²) >= 11 is 0. The van der Waals surface area contributed by atoms with Crippen molar-refractivity contribution in [3.8, 4) is 0 Å². The fourth-order valence-electron chi connectivity index (χ4n) is 2.67. The Balaban J connectivity index is 2.15. The van der Waals surface area contributed by atoms with E-state index in [0.717, 1.165) is 32.2 Å². The topological polar surface area (TPSA) is 49.4 Å². The first-order valence-corrected chi connectivity index (χ1v) is 7.17. The van der Waals surface area contributed by atoms with Gasteiger partial charge >= 0.3 is 0 Å². The Morgan fingerprint density at radius 2 is 2.00 bits per heavy atom. The average molecular weight is 252 g/mol. The molecular weight excluding hydrogens is 228 g/mol. The quantitative estimate of drug-likeness (QED) is 0.807. The molecule has 1 N–H and O–H groups in total. The minimum atomic E-state index is -0.329. The molecule has 1 aliphatic carbocycles. The number of unbranched alkanes of at least 4 members (excludes halogenated alkanes) is 1. The highest BCUT2D eigenvalue weighted by atomic mass is 16.2. The molecule has 1 heterocycles. The zero-order valence-electron chi connectivity index (χ0n) is 11.6. The van der Waals surface area contributed by atoms with E-state index in [9.17, 15) is 9.59 Å². The molecule has 2 atom stereocenters. The van der Waals surface area contributed by atoms with Crippen LogP contribution in [0.15, 0.2) is 0 Å². The largest absolute Gasteiger partial charge is 0.342 e. The number of hydrogen-bond acceptors (Lipinski definition) is 2. The Kier molecular flexibility index (Phi) is 3.93. The summed E-state index contributed by atoms with van der Waals surface area (Å²) in [6.45, 7) is 6.81. The second kappa shape index (κ2) is 5.29. The molecule has 0 aromatic heterocycles. The van der Waals surface area contributed by atoms with Gasteiger partial charge in [-0.25, -0.2) is 0 Å². The Morgan fingerprint density at radius 1 is 1.33 bits per heavy atom. The molecule has 2 fully saturated rings. The molecule has 0 radical (unpaired) electrons. The average Bonchev–Trinajstić information content (AvgIpc) is 3.13. The van der Waals surface area contributed by atoms with Gasteiger partial charge in [-0.3, -0.25) is 9.59 Å². The minimum absolute atomic E-state index is 0.0619. The summed E-state index contributed by atoms with van der Waals surface area (Å²) in [6.07, 6.45) is 4.20. The van der Waals surface area contributed by atoms with Crippen LogP contribution in [0.25, 0.3) is 0 Å². The number of rotatable bonds is 5. The van der Waals surface area contributed by atoms with Crippen molar-refractivity contribution >= 4 is 11.8 Å². The number of amides is 2. The number of hydrogen-bond donors (Lipinski definition) is 1. The summed E-state index contributed by atoms with van der Waals surface area (Å²) in [4.78, 5) is 26.5. The van der Waals surface area contributed by atoms with Gasteiger partial charge in [0, 0.05) is 6.54 Å². The summed E-state index contributed by atoms with van der Waals surface area (Å²) in [5, 5.41) is 2.91. The molecule has 0 aromatic carbocycles. The van der Waals surface area contributed by atoms with E-state index in [4.69, 9.17) is 0 Å². The van der Waals surface area contributed by atoms with E-state index in [1.807, 2.05) is 18.7 Å². The summed E-state index contributed by atoms with van der Waals surface area (Å²) in [5.41, 5.74) is 0. The standard InChI is InChI=1S/C14H24N2O2/c1-4-5-8-16-12(10-6-7-10)13(17)15-11(9(2)3)14(16)18/h9-12H,4-8H2,1-3H3,(H,15,17). The van der Waals surface area contributed by atoms with Crippen molar-refractivity contribution in [1.82, 2.24) is 10.2 Å². The van der Waals surface area contributed by atoms with Gasteiger partial charge in [0.1, 0.15) is 12.1 Å². The monoisotopic (exact) mass is 252 g/mol. The third-order valence-corrected chi connectivity index (χ3v) is 3.94. The smallest absolute Gasteiger partial charge is 0.246 e. The van der Waals surface area contributed by atoms with Gasteiger partial charge in [0.25, 0.3) is 0 Å². The fourth-order valence-corrected chi connectivity index (χ4v) is 2.67. The summed E-state index contributed by atoms with van der Waals surface area (Å²) in [7, 11) is 0. The van der Waals surface area contributed by atoms with Crippen molar-refractivity contribution in [1.29, 1.82) is 0 Å². The maximum Gasteiger partial charge on any atom is 0.246 e. The normalized spacial score (nSPS) is 28.8. The van der Waals surface area contributed by atoms with E-state index in [1.165, 1.54) is 0 Å². The highest BCUT2D eigenvalue weighted by molar-refractivity contribution is 5.97. The molecule has 2 aliphatic rings. The summed E-state index contributed by atoms with van der Waals surface area (Å²) in [5.74, 6) is 0.742. The van der Waals surface area contributed by atoms with Gasteiger partial charge in [0.05, 0.1) is 0 Å². The molecule has 2 rings (SSSR count). The molecule has 102 valence electrons. The predicted molar refractivity (Wildman–Crippen MR) is 69.9 cm³/mol. The number of carbonyl (C=O) groups is 2. The molecule has 0 spiro atoms. The Bertz CT molecular complexity index is 337. The van der Waals surface area contributed by atoms with Crippen LogP contribution < -0.4 is 5.32 Å². The van der Waals surface area contributed by atoms with Crippen LogP contribution in [0, 0.1) is 11.8 Å². The highest BCUT2D eigenvalue weighted by Crippen LogP contribution is 2.37. The lowest BCUT2D eigenvalue weighted by Gasteiger charge is -2.40. The van der Waals surface area contributed by atoms with E-state index >= 15 is 0 Å². The zero-order chi connectivity index (χ0) is 13.3. The van der Waals surface area contributed by atoms with Crippen molar-refractivity contribution in [3.63, 3.8) is 0 Å². The van der Waals surface area contributed by atoms with Crippen LogP contribution in [-0.2, 0) is 9.59 Å². The maximum absolute atomic E-state index is 12.5. The maximum atomic E-state index is 12.5.